The number of ether oxygens (including phenoxy) is 1. The second-order valence-electron chi connectivity index (χ2n) is 6.28. The molecule has 2 atom stereocenters. The molecule has 0 N–H and O–H groups in total. The van der Waals surface area contributed by atoms with Crippen LogP contribution < -0.4 is 0 Å². The van der Waals surface area contributed by atoms with Crippen molar-refractivity contribution in [1.82, 2.24) is 9.47 Å². The molecular formula is C20H26N2O3. The van der Waals surface area contributed by atoms with E-state index in [9.17, 15) is 9.59 Å². The minimum absolute atomic E-state index is 0.0451. The molecule has 0 aliphatic rings. The van der Waals surface area contributed by atoms with Crippen molar-refractivity contribution >= 4 is 11.9 Å². The van der Waals surface area contributed by atoms with Gasteiger partial charge in [0.2, 0.25) is 0 Å². The predicted octanol–water partition coefficient (Wildman–Crippen LogP) is 3.53. The van der Waals surface area contributed by atoms with Gasteiger partial charge in [0.1, 0.15) is 0 Å². The van der Waals surface area contributed by atoms with Gasteiger partial charge in [-0.05, 0) is 49.7 Å². The van der Waals surface area contributed by atoms with E-state index in [1.807, 2.05) is 67.2 Å². The van der Waals surface area contributed by atoms with Crippen molar-refractivity contribution in [2.75, 3.05) is 13.7 Å². The van der Waals surface area contributed by atoms with Crippen LogP contribution in [0.2, 0.25) is 0 Å². The Labute approximate surface area is 149 Å². The molecule has 1 heterocycles. The lowest BCUT2D eigenvalue weighted by molar-refractivity contribution is -0.145. The number of amides is 1. The highest BCUT2D eigenvalue weighted by Crippen LogP contribution is 2.16. The van der Waals surface area contributed by atoms with E-state index in [-0.39, 0.29) is 23.8 Å². The first-order valence-electron chi connectivity index (χ1n) is 8.60. The molecule has 1 aromatic carbocycles. The van der Waals surface area contributed by atoms with Gasteiger partial charge in [-0.3, -0.25) is 9.59 Å². The summed E-state index contributed by atoms with van der Waals surface area (Å²) in [4.78, 5) is 26.4. The Kier molecular flexibility index (Phi) is 6.39. The van der Waals surface area contributed by atoms with Gasteiger partial charge in [-0.1, -0.05) is 13.8 Å². The van der Waals surface area contributed by atoms with Crippen LogP contribution in [0.1, 0.15) is 37.6 Å². The highest BCUT2D eigenvalue weighted by atomic mass is 16.5. The van der Waals surface area contributed by atoms with E-state index < -0.39 is 0 Å². The molecule has 1 aromatic heterocycles. The smallest absolute Gasteiger partial charge is 0.310 e. The largest absolute Gasteiger partial charge is 0.469 e. The molecule has 0 aliphatic heterocycles. The predicted molar refractivity (Wildman–Crippen MR) is 97.7 cm³/mol. The average molecular weight is 342 g/mol. The van der Waals surface area contributed by atoms with Crippen LogP contribution in [0.25, 0.3) is 5.69 Å². The van der Waals surface area contributed by atoms with Gasteiger partial charge >= 0.3 is 5.97 Å². The Balaban J connectivity index is 2.19. The third-order valence-corrected chi connectivity index (χ3v) is 4.47. The number of nitrogens with zero attached hydrogens (tertiary/aromatic N) is 2. The van der Waals surface area contributed by atoms with E-state index in [2.05, 4.69) is 0 Å². The van der Waals surface area contributed by atoms with Crippen molar-refractivity contribution in [3.63, 3.8) is 0 Å². The van der Waals surface area contributed by atoms with Crippen molar-refractivity contribution in [3.05, 3.63) is 54.4 Å². The summed E-state index contributed by atoms with van der Waals surface area (Å²) in [6.07, 6.45) is 4.74. The van der Waals surface area contributed by atoms with E-state index in [1.165, 1.54) is 7.11 Å². The number of methoxy groups -OCH3 is 1. The molecule has 2 rings (SSSR count). The number of carbonyl (C=O) groups excluding carboxylic acids is 2. The van der Waals surface area contributed by atoms with Crippen molar-refractivity contribution in [3.8, 4) is 5.69 Å². The fraction of sp³-hybridized carbons (Fsp3) is 0.400. The maximum atomic E-state index is 13.0. The molecule has 1 amide bonds. The van der Waals surface area contributed by atoms with Gasteiger partial charge in [0.15, 0.2) is 0 Å². The van der Waals surface area contributed by atoms with E-state index >= 15 is 0 Å². The fourth-order valence-electron chi connectivity index (χ4n) is 2.70. The third kappa shape index (κ3) is 4.50. The summed E-state index contributed by atoms with van der Waals surface area (Å²) in [5.74, 6) is -0.727. The van der Waals surface area contributed by atoms with Gasteiger partial charge in [0, 0.05) is 36.2 Å². The van der Waals surface area contributed by atoms with Crippen LogP contribution in [0.4, 0.5) is 0 Å². The van der Waals surface area contributed by atoms with Gasteiger partial charge in [-0.15, -0.1) is 0 Å². The zero-order valence-electron chi connectivity index (χ0n) is 15.3. The number of hydrogen-bond acceptors (Lipinski definition) is 3. The van der Waals surface area contributed by atoms with Crippen molar-refractivity contribution in [1.29, 1.82) is 0 Å². The topological polar surface area (TPSA) is 51.5 Å². The van der Waals surface area contributed by atoms with Gasteiger partial charge in [-0.25, -0.2) is 0 Å². The Bertz CT molecular complexity index is 692. The highest BCUT2D eigenvalue weighted by molar-refractivity contribution is 5.94. The Hall–Kier alpha value is -2.56. The van der Waals surface area contributed by atoms with Crippen LogP contribution in [0, 0.1) is 5.92 Å². The second-order valence-corrected chi connectivity index (χ2v) is 6.28. The molecule has 0 saturated heterocycles. The van der Waals surface area contributed by atoms with Crippen LogP contribution in [-0.2, 0) is 9.53 Å². The number of benzene rings is 1. The average Bonchev–Trinajstić information content (AvgIpc) is 3.18. The van der Waals surface area contributed by atoms with E-state index in [0.717, 1.165) is 12.1 Å². The molecule has 2 unspecified atom stereocenters. The molecule has 0 spiro atoms. The summed E-state index contributed by atoms with van der Waals surface area (Å²) >= 11 is 0. The van der Waals surface area contributed by atoms with Gasteiger partial charge < -0.3 is 14.2 Å². The Morgan fingerprint density at radius 2 is 1.72 bits per heavy atom. The van der Waals surface area contributed by atoms with E-state index in [4.69, 9.17) is 4.74 Å². The molecule has 134 valence electrons. The number of esters is 1. The first kappa shape index (κ1) is 18.8. The molecule has 0 radical (unpaired) electrons. The first-order valence-corrected chi connectivity index (χ1v) is 8.60. The minimum atomic E-state index is -0.359. The summed E-state index contributed by atoms with van der Waals surface area (Å²) in [5.41, 5.74) is 1.62. The van der Waals surface area contributed by atoms with Crippen LogP contribution in [0.15, 0.2) is 48.8 Å². The van der Waals surface area contributed by atoms with E-state index in [1.54, 1.807) is 11.8 Å². The summed E-state index contributed by atoms with van der Waals surface area (Å²) < 4.78 is 6.78. The monoisotopic (exact) mass is 342 g/mol. The second kappa shape index (κ2) is 8.51. The zero-order valence-corrected chi connectivity index (χ0v) is 15.3. The standard InChI is InChI=1S/C20H26N2O3/c1-5-16(3)22(14-15(2)20(24)25-4)19(23)17-8-10-18(11-9-17)21-12-6-7-13-21/h6-13,15-16H,5,14H2,1-4H3. The highest BCUT2D eigenvalue weighted by Gasteiger charge is 2.25. The summed E-state index contributed by atoms with van der Waals surface area (Å²) in [6.45, 7) is 6.16. The first-order chi connectivity index (χ1) is 12.0. The van der Waals surface area contributed by atoms with Crippen LogP contribution in [0.5, 0.6) is 0 Å². The Morgan fingerprint density at radius 1 is 1.12 bits per heavy atom. The molecule has 0 bridgehead atoms. The quantitative estimate of drug-likeness (QED) is 0.723. The zero-order chi connectivity index (χ0) is 18.4. The Morgan fingerprint density at radius 3 is 2.24 bits per heavy atom. The van der Waals surface area contributed by atoms with Gasteiger partial charge in [0.05, 0.1) is 13.0 Å². The lowest BCUT2D eigenvalue weighted by Gasteiger charge is -2.30. The van der Waals surface area contributed by atoms with Crippen molar-refractivity contribution < 1.29 is 14.3 Å². The normalized spacial score (nSPS) is 13.1. The minimum Gasteiger partial charge on any atom is -0.469 e. The molecule has 2 aromatic rings. The molecule has 25 heavy (non-hydrogen) atoms. The molecule has 0 aliphatic carbocycles. The van der Waals surface area contributed by atoms with Crippen molar-refractivity contribution in [2.24, 2.45) is 5.92 Å². The van der Waals surface area contributed by atoms with Crippen molar-refractivity contribution in [2.45, 2.75) is 33.2 Å². The number of hydrogen-bond donors (Lipinski definition) is 0. The number of aromatic nitrogens is 1. The maximum absolute atomic E-state index is 13.0. The third-order valence-electron chi connectivity index (χ3n) is 4.47. The van der Waals surface area contributed by atoms with Gasteiger partial charge in [-0.2, -0.15) is 0 Å². The van der Waals surface area contributed by atoms with Crippen LogP contribution in [0.3, 0.4) is 0 Å². The summed E-state index contributed by atoms with van der Waals surface area (Å²) in [6, 6.07) is 11.5. The maximum Gasteiger partial charge on any atom is 0.310 e. The molecule has 5 heteroatoms. The number of rotatable bonds is 7. The lowest BCUT2D eigenvalue weighted by Crippen LogP contribution is -2.42. The van der Waals surface area contributed by atoms with Crippen LogP contribution >= 0.6 is 0 Å². The summed E-state index contributed by atoms with van der Waals surface area (Å²) in [5, 5.41) is 0. The molecule has 5 nitrogen and oxygen atoms in total. The summed E-state index contributed by atoms with van der Waals surface area (Å²) in [7, 11) is 1.37. The fourth-order valence-corrected chi connectivity index (χ4v) is 2.70. The van der Waals surface area contributed by atoms with Gasteiger partial charge in [0.25, 0.3) is 5.91 Å². The lowest BCUT2D eigenvalue weighted by atomic mass is 10.1. The molecule has 0 fully saturated rings. The molecule has 0 saturated carbocycles. The number of carbonyl (C=O) groups is 2. The SMILES string of the molecule is CCC(C)N(CC(C)C(=O)OC)C(=O)c1ccc(-n2cccc2)cc1. The van der Waals surface area contributed by atoms with Crippen LogP contribution in [-0.4, -0.2) is 41.0 Å². The molecular weight excluding hydrogens is 316 g/mol. The van der Waals surface area contributed by atoms with E-state index in [0.29, 0.717) is 12.1 Å².